The quantitative estimate of drug-likeness (QED) is 0.894. The first-order valence-corrected chi connectivity index (χ1v) is 7.24. The monoisotopic (exact) mass is 290 g/mol. The Morgan fingerprint density at radius 3 is 2.33 bits per heavy atom. The molecule has 18 heavy (non-hydrogen) atoms. The number of rotatable bonds is 2. The Kier molecular flexibility index (Phi) is 5.16. The molecule has 1 saturated heterocycles. The lowest BCUT2D eigenvalue weighted by atomic mass is 10.2. The molecule has 0 amide bonds. The van der Waals surface area contributed by atoms with Crippen molar-refractivity contribution >= 4 is 22.4 Å². The topological polar surface area (TPSA) is 49.4 Å². The molecule has 1 fully saturated rings. The molecular formula is C12H19ClN2O2S. The Morgan fingerprint density at radius 2 is 1.78 bits per heavy atom. The van der Waals surface area contributed by atoms with Crippen LogP contribution >= 0.6 is 12.4 Å². The highest BCUT2D eigenvalue weighted by atomic mass is 35.5. The average Bonchev–Trinajstić information content (AvgIpc) is 2.29. The van der Waals surface area contributed by atoms with E-state index in [-0.39, 0.29) is 12.4 Å². The third kappa shape index (κ3) is 3.03. The van der Waals surface area contributed by atoms with Crippen molar-refractivity contribution in [3.63, 3.8) is 0 Å². The molecule has 1 heterocycles. The van der Waals surface area contributed by atoms with Crippen LogP contribution in [0.3, 0.4) is 0 Å². The number of piperazine rings is 1. The predicted octanol–water partition coefficient (Wildman–Crippen LogP) is 1.32. The summed E-state index contributed by atoms with van der Waals surface area (Å²) in [4.78, 5) is 0.435. The number of halogens is 1. The van der Waals surface area contributed by atoms with Crippen molar-refractivity contribution in [3.05, 3.63) is 29.3 Å². The molecule has 1 aliphatic heterocycles. The second-order valence-corrected chi connectivity index (χ2v) is 6.33. The molecule has 0 radical (unpaired) electrons. The van der Waals surface area contributed by atoms with Crippen LogP contribution in [0.4, 0.5) is 0 Å². The van der Waals surface area contributed by atoms with E-state index >= 15 is 0 Å². The first-order chi connectivity index (χ1) is 8.01. The maximum Gasteiger partial charge on any atom is 0.243 e. The third-order valence-electron chi connectivity index (χ3n) is 3.02. The highest BCUT2D eigenvalue weighted by Crippen LogP contribution is 2.21. The van der Waals surface area contributed by atoms with Crippen molar-refractivity contribution in [2.75, 3.05) is 26.2 Å². The number of nitrogens with zero attached hydrogens (tertiary/aromatic N) is 1. The maximum absolute atomic E-state index is 12.4. The first-order valence-electron chi connectivity index (χ1n) is 5.80. The molecule has 1 N–H and O–H groups in total. The number of benzene rings is 1. The molecule has 0 spiro atoms. The lowest BCUT2D eigenvalue weighted by molar-refractivity contribution is 0.360. The summed E-state index contributed by atoms with van der Waals surface area (Å²) in [6.45, 7) is 6.37. The molecule has 0 unspecified atom stereocenters. The lowest BCUT2D eigenvalue weighted by Crippen LogP contribution is -2.46. The van der Waals surface area contributed by atoms with Crippen LogP contribution in [0.25, 0.3) is 0 Å². The second-order valence-electron chi connectivity index (χ2n) is 4.42. The third-order valence-corrected chi connectivity index (χ3v) is 5.08. The number of hydrogen-bond donors (Lipinski definition) is 1. The Hall–Kier alpha value is -0.620. The highest BCUT2D eigenvalue weighted by molar-refractivity contribution is 7.89. The summed E-state index contributed by atoms with van der Waals surface area (Å²) in [5.74, 6) is 0. The first kappa shape index (κ1) is 15.4. The zero-order chi connectivity index (χ0) is 12.5. The molecule has 0 atom stereocenters. The van der Waals surface area contributed by atoms with E-state index in [4.69, 9.17) is 0 Å². The fourth-order valence-corrected chi connectivity index (χ4v) is 3.76. The van der Waals surface area contributed by atoms with Gasteiger partial charge >= 0.3 is 0 Å². The van der Waals surface area contributed by atoms with Gasteiger partial charge in [0.2, 0.25) is 10.0 Å². The van der Waals surface area contributed by atoms with Crippen molar-refractivity contribution in [2.45, 2.75) is 18.7 Å². The molecule has 1 aromatic carbocycles. The summed E-state index contributed by atoms with van der Waals surface area (Å²) in [6, 6.07) is 5.47. The molecule has 1 aliphatic rings. The van der Waals surface area contributed by atoms with Crippen molar-refractivity contribution in [3.8, 4) is 0 Å². The molecule has 0 aliphatic carbocycles. The molecular weight excluding hydrogens is 272 g/mol. The van der Waals surface area contributed by atoms with E-state index in [0.29, 0.717) is 18.0 Å². The van der Waals surface area contributed by atoms with Crippen LogP contribution in [-0.4, -0.2) is 38.9 Å². The fourth-order valence-electron chi connectivity index (χ4n) is 2.11. The van der Waals surface area contributed by atoms with E-state index in [9.17, 15) is 8.42 Å². The zero-order valence-electron chi connectivity index (χ0n) is 10.6. The van der Waals surface area contributed by atoms with E-state index in [1.165, 1.54) is 0 Å². The van der Waals surface area contributed by atoms with Crippen molar-refractivity contribution < 1.29 is 8.42 Å². The Labute approximate surface area is 115 Å². The highest BCUT2D eigenvalue weighted by Gasteiger charge is 2.26. The summed E-state index contributed by atoms with van der Waals surface area (Å²) in [6.07, 6.45) is 0. The van der Waals surface area contributed by atoms with Gasteiger partial charge in [0.25, 0.3) is 0 Å². The second kappa shape index (κ2) is 6.02. The van der Waals surface area contributed by atoms with Crippen molar-refractivity contribution in [2.24, 2.45) is 0 Å². The molecule has 4 nitrogen and oxygen atoms in total. The molecule has 0 aromatic heterocycles. The van der Waals surface area contributed by atoms with Gasteiger partial charge in [-0.25, -0.2) is 8.42 Å². The van der Waals surface area contributed by atoms with Crippen molar-refractivity contribution in [1.29, 1.82) is 0 Å². The van der Waals surface area contributed by atoms with Gasteiger partial charge in [-0.3, -0.25) is 0 Å². The molecule has 0 bridgehead atoms. The molecule has 2 rings (SSSR count). The maximum atomic E-state index is 12.4. The van der Waals surface area contributed by atoms with Gasteiger partial charge < -0.3 is 5.32 Å². The van der Waals surface area contributed by atoms with Gasteiger partial charge in [-0.15, -0.1) is 12.4 Å². The van der Waals surface area contributed by atoms with Gasteiger partial charge in [-0.2, -0.15) is 4.31 Å². The van der Waals surface area contributed by atoms with Crippen LogP contribution in [0, 0.1) is 13.8 Å². The minimum atomic E-state index is -3.32. The lowest BCUT2D eigenvalue weighted by Gasteiger charge is -2.27. The van der Waals surface area contributed by atoms with Gasteiger partial charge in [0, 0.05) is 26.2 Å². The fraction of sp³-hybridized carbons (Fsp3) is 0.500. The van der Waals surface area contributed by atoms with E-state index in [2.05, 4.69) is 5.32 Å². The van der Waals surface area contributed by atoms with Gasteiger partial charge in [-0.05, 0) is 25.5 Å². The molecule has 1 aromatic rings. The van der Waals surface area contributed by atoms with Gasteiger partial charge in [0.15, 0.2) is 0 Å². The van der Waals surface area contributed by atoms with E-state index in [1.54, 1.807) is 10.4 Å². The standard InChI is InChI=1S/C12H18N2O2S.ClH/c1-10-3-4-12(11(2)9-10)17(15,16)14-7-5-13-6-8-14;/h3-4,9,13H,5-8H2,1-2H3;1H. The van der Waals surface area contributed by atoms with Crippen LogP contribution < -0.4 is 5.32 Å². The zero-order valence-corrected chi connectivity index (χ0v) is 12.3. The van der Waals surface area contributed by atoms with E-state index < -0.39 is 10.0 Å². The van der Waals surface area contributed by atoms with E-state index in [0.717, 1.165) is 24.2 Å². The smallest absolute Gasteiger partial charge is 0.243 e. The summed E-state index contributed by atoms with van der Waals surface area (Å²) in [5.41, 5.74) is 1.91. The SMILES string of the molecule is Cc1ccc(S(=O)(=O)N2CCNCC2)c(C)c1.Cl. The van der Waals surface area contributed by atoms with Crippen LogP contribution in [0.2, 0.25) is 0 Å². The van der Waals surface area contributed by atoms with E-state index in [1.807, 2.05) is 26.0 Å². The number of aryl methyl sites for hydroxylation is 2. The molecule has 6 heteroatoms. The average molecular weight is 291 g/mol. The van der Waals surface area contributed by atoms with Gasteiger partial charge in [0.05, 0.1) is 4.90 Å². The van der Waals surface area contributed by atoms with Crippen LogP contribution in [0.5, 0.6) is 0 Å². The number of nitrogens with one attached hydrogen (secondary N) is 1. The molecule has 0 saturated carbocycles. The van der Waals surface area contributed by atoms with Gasteiger partial charge in [0.1, 0.15) is 0 Å². The largest absolute Gasteiger partial charge is 0.314 e. The Morgan fingerprint density at radius 1 is 1.17 bits per heavy atom. The Balaban J connectivity index is 0.00000162. The number of hydrogen-bond acceptors (Lipinski definition) is 3. The predicted molar refractivity (Wildman–Crippen MR) is 74.8 cm³/mol. The van der Waals surface area contributed by atoms with Crippen LogP contribution in [-0.2, 0) is 10.0 Å². The van der Waals surface area contributed by atoms with Crippen molar-refractivity contribution in [1.82, 2.24) is 9.62 Å². The summed E-state index contributed by atoms with van der Waals surface area (Å²) >= 11 is 0. The minimum absolute atomic E-state index is 0. The molecule has 102 valence electrons. The number of sulfonamides is 1. The van der Waals surface area contributed by atoms with Crippen LogP contribution in [0.15, 0.2) is 23.1 Å². The summed E-state index contributed by atoms with van der Waals surface area (Å²) in [7, 11) is -3.32. The summed E-state index contributed by atoms with van der Waals surface area (Å²) < 4.78 is 26.4. The normalized spacial score (nSPS) is 17.2. The minimum Gasteiger partial charge on any atom is -0.314 e. The summed E-state index contributed by atoms with van der Waals surface area (Å²) in [5, 5.41) is 3.16. The Bertz CT molecular complexity index is 511. The van der Waals surface area contributed by atoms with Gasteiger partial charge in [-0.1, -0.05) is 17.7 Å². The van der Waals surface area contributed by atoms with Crippen LogP contribution in [0.1, 0.15) is 11.1 Å².